The third kappa shape index (κ3) is 5.83. The fourth-order valence-corrected chi connectivity index (χ4v) is 3.44. The van der Waals surface area contributed by atoms with Crippen molar-refractivity contribution in [1.29, 1.82) is 0 Å². The Morgan fingerprint density at radius 3 is 2.42 bits per heavy atom. The first kappa shape index (κ1) is 20.4. The molecule has 0 aromatic heterocycles. The van der Waals surface area contributed by atoms with E-state index in [0.717, 1.165) is 17.4 Å². The molecule has 0 saturated carbocycles. The van der Waals surface area contributed by atoms with Crippen molar-refractivity contribution in [1.82, 2.24) is 4.31 Å². The van der Waals surface area contributed by atoms with Crippen molar-refractivity contribution in [2.75, 3.05) is 18.1 Å². The molecule has 5 nitrogen and oxygen atoms in total. The van der Waals surface area contributed by atoms with Crippen LogP contribution in [0, 0.1) is 13.8 Å². The largest absolute Gasteiger partial charge is 0.326 e. The van der Waals surface area contributed by atoms with Gasteiger partial charge in [0, 0.05) is 30.2 Å². The van der Waals surface area contributed by atoms with Gasteiger partial charge < -0.3 is 5.32 Å². The van der Waals surface area contributed by atoms with Gasteiger partial charge in [-0.15, -0.1) is 0 Å². The molecule has 1 N–H and O–H groups in total. The predicted octanol–water partition coefficient (Wildman–Crippen LogP) is 3.75. The summed E-state index contributed by atoms with van der Waals surface area (Å²) in [7, 11) is -3.47. The van der Waals surface area contributed by atoms with Crippen LogP contribution in [0.3, 0.4) is 0 Å². The fraction of sp³-hybridized carbons (Fsp3) is 0.316. The zero-order valence-electron chi connectivity index (χ0n) is 15.1. The van der Waals surface area contributed by atoms with E-state index in [2.05, 4.69) is 5.32 Å². The van der Waals surface area contributed by atoms with Gasteiger partial charge in [0.1, 0.15) is 0 Å². The van der Waals surface area contributed by atoms with Crippen LogP contribution in [0.4, 0.5) is 5.69 Å². The minimum atomic E-state index is -3.47. The maximum absolute atomic E-state index is 12.2. The lowest BCUT2D eigenvalue weighted by atomic mass is 10.1. The topological polar surface area (TPSA) is 66.5 Å². The minimum absolute atomic E-state index is 0.0600. The first-order valence-corrected chi connectivity index (χ1v) is 10.4. The van der Waals surface area contributed by atoms with Gasteiger partial charge in [-0.1, -0.05) is 35.9 Å². The van der Waals surface area contributed by atoms with E-state index in [1.807, 2.05) is 32.0 Å². The molecule has 0 saturated heterocycles. The van der Waals surface area contributed by atoms with Gasteiger partial charge in [0.05, 0.1) is 6.26 Å². The molecule has 0 aliphatic carbocycles. The third-order valence-corrected chi connectivity index (χ3v) is 5.77. The van der Waals surface area contributed by atoms with E-state index in [0.29, 0.717) is 16.3 Å². The molecule has 26 heavy (non-hydrogen) atoms. The van der Waals surface area contributed by atoms with Crippen LogP contribution in [0.15, 0.2) is 42.5 Å². The molecule has 2 aromatic rings. The predicted molar refractivity (Wildman–Crippen MR) is 106 cm³/mol. The Labute approximate surface area is 160 Å². The van der Waals surface area contributed by atoms with Gasteiger partial charge in [0.2, 0.25) is 15.9 Å². The number of anilines is 1. The molecule has 0 aliphatic heterocycles. The molecule has 2 aromatic carbocycles. The maximum atomic E-state index is 12.2. The SMILES string of the molecule is Cc1ccc(NC(=O)CCN(Cc2ccccc2Cl)S(C)(=O)=O)cc1C. The van der Waals surface area contributed by atoms with E-state index in [1.54, 1.807) is 24.3 Å². The summed E-state index contributed by atoms with van der Waals surface area (Å²) in [5.74, 6) is -0.235. The molecule has 0 atom stereocenters. The van der Waals surface area contributed by atoms with Crippen LogP contribution >= 0.6 is 11.6 Å². The number of hydrogen-bond acceptors (Lipinski definition) is 3. The van der Waals surface area contributed by atoms with Gasteiger partial charge in [-0.3, -0.25) is 4.79 Å². The summed E-state index contributed by atoms with van der Waals surface area (Å²) in [6.45, 7) is 4.19. The molecule has 0 spiro atoms. The molecule has 7 heteroatoms. The Kier molecular flexibility index (Phi) is 6.81. The van der Waals surface area contributed by atoms with Crippen molar-refractivity contribution in [2.45, 2.75) is 26.8 Å². The van der Waals surface area contributed by atoms with Crippen LogP contribution < -0.4 is 5.32 Å². The third-order valence-electron chi connectivity index (χ3n) is 4.15. The highest BCUT2D eigenvalue weighted by atomic mass is 35.5. The molecule has 2 rings (SSSR count). The lowest BCUT2D eigenvalue weighted by molar-refractivity contribution is -0.116. The number of carbonyl (C=O) groups excluding carboxylic acids is 1. The van der Waals surface area contributed by atoms with Crippen LogP contribution in [0.5, 0.6) is 0 Å². The molecule has 0 heterocycles. The van der Waals surface area contributed by atoms with E-state index in [4.69, 9.17) is 11.6 Å². The first-order valence-electron chi connectivity index (χ1n) is 8.22. The van der Waals surface area contributed by atoms with Gasteiger partial charge in [0.15, 0.2) is 0 Å². The fourth-order valence-electron chi connectivity index (χ4n) is 2.45. The monoisotopic (exact) mass is 394 g/mol. The van der Waals surface area contributed by atoms with Crippen molar-refractivity contribution in [3.8, 4) is 0 Å². The van der Waals surface area contributed by atoms with Gasteiger partial charge in [-0.25, -0.2) is 8.42 Å². The van der Waals surface area contributed by atoms with Gasteiger partial charge >= 0.3 is 0 Å². The molecule has 0 bridgehead atoms. The van der Waals surface area contributed by atoms with Crippen molar-refractivity contribution >= 4 is 33.2 Å². The van der Waals surface area contributed by atoms with E-state index in [1.165, 1.54) is 4.31 Å². The molecule has 140 valence electrons. The summed E-state index contributed by atoms with van der Waals surface area (Å²) in [5.41, 5.74) is 3.63. The highest BCUT2D eigenvalue weighted by molar-refractivity contribution is 7.88. The normalized spacial score (nSPS) is 11.6. The lowest BCUT2D eigenvalue weighted by Crippen LogP contribution is -2.32. The lowest BCUT2D eigenvalue weighted by Gasteiger charge is -2.20. The number of sulfonamides is 1. The van der Waals surface area contributed by atoms with Gasteiger partial charge in [0.25, 0.3) is 0 Å². The van der Waals surface area contributed by atoms with Gasteiger partial charge in [-0.2, -0.15) is 4.31 Å². The van der Waals surface area contributed by atoms with Crippen LogP contribution in [0.25, 0.3) is 0 Å². The Balaban J connectivity index is 2.01. The number of benzene rings is 2. The summed E-state index contributed by atoms with van der Waals surface area (Å²) < 4.78 is 25.4. The molecule has 1 amide bonds. The average molecular weight is 395 g/mol. The number of nitrogens with one attached hydrogen (secondary N) is 1. The molecule has 0 unspecified atom stereocenters. The Bertz CT molecular complexity index is 897. The number of rotatable bonds is 7. The van der Waals surface area contributed by atoms with Crippen LogP contribution in [0.1, 0.15) is 23.1 Å². The Morgan fingerprint density at radius 2 is 1.81 bits per heavy atom. The van der Waals surface area contributed by atoms with E-state index in [9.17, 15) is 13.2 Å². The number of hydrogen-bond donors (Lipinski definition) is 1. The second kappa shape index (κ2) is 8.66. The standard InChI is InChI=1S/C19H23ClN2O3S/c1-14-8-9-17(12-15(14)2)21-19(23)10-11-22(26(3,24)25)13-16-6-4-5-7-18(16)20/h4-9,12H,10-11,13H2,1-3H3,(H,21,23). The zero-order valence-corrected chi connectivity index (χ0v) is 16.7. The second-order valence-corrected chi connectivity index (χ2v) is 8.67. The van der Waals surface area contributed by atoms with Crippen molar-refractivity contribution < 1.29 is 13.2 Å². The van der Waals surface area contributed by atoms with E-state index in [-0.39, 0.29) is 25.4 Å². The number of carbonyl (C=O) groups is 1. The summed E-state index contributed by atoms with van der Waals surface area (Å²) in [6.07, 6.45) is 1.19. The minimum Gasteiger partial charge on any atom is -0.326 e. The zero-order chi connectivity index (χ0) is 19.3. The van der Waals surface area contributed by atoms with Gasteiger partial charge in [-0.05, 0) is 48.7 Å². The average Bonchev–Trinajstić information content (AvgIpc) is 2.55. The number of halogens is 1. The van der Waals surface area contributed by atoms with E-state index < -0.39 is 10.0 Å². The van der Waals surface area contributed by atoms with Crippen LogP contribution in [-0.2, 0) is 21.4 Å². The summed E-state index contributed by atoms with van der Waals surface area (Å²) in [4.78, 5) is 12.2. The van der Waals surface area contributed by atoms with Crippen molar-refractivity contribution in [2.24, 2.45) is 0 Å². The molecular weight excluding hydrogens is 372 g/mol. The highest BCUT2D eigenvalue weighted by Gasteiger charge is 2.19. The van der Waals surface area contributed by atoms with E-state index >= 15 is 0 Å². The Hall–Kier alpha value is -1.89. The first-order chi connectivity index (χ1) is 12.2. The summed E-state index contributed by atoms with van der Waals surface area (Å²) in [6, 6.07) is 12.7. The number of aryl methyl sites for hydroxylation is 2. The van der Waals surface area contributed by atoms with Crippen LogP contribution in [-0.4, -0.2) is 31.4 Å². The molecule has 0 aliphatic rings. The van der Waals surface area contributed by atoms with Crippen LogP contribution in [0.2, 0.25) is 5.02 Å². The Morgan fingerprint density at radius 1 is 1.12 bits per heavy atom. The summed E-state index contributed by atoms with van der Waals surface area (Å²) >= 11 is 6.12. The second-order valence-electron chi connectivity index (χ2n) is 6.29. The highest BCUT2D eigenvalue weighted by Crippen LogP contribution is 2.19. The summed E-state index contributed by atoms with van der Waals surface area (Å²) in [5, 5.41) is 3.31. The maximum Gasteiger partial charge on any atom is 0.225 e. The van der Waals surface area contributed by atoms with Crippen molar-refractivity contribution in [3.05, 3.63) is 64.2 Å². The van der Waals surface area contributed by atoms with Crippen molar-refractivity contribution in [3.63, 3.8) is 0 Å². The molecule has 0 fully saturated rings. The molecular formula is C19H23ClN2O3S. The number of nitrogens with zero attached hydrogens (tertiary/aromatic N) is 1. The number of amides is 1. The quantitative estimate of drug-likeness (QED) is 0.777. The smallest absolute Gasteiger partial charge is 0.225 e. The molecule has 0 radical (unpaired) electrons.